The molecule has 5 N–H and O–H groups in total. The molecule has 1 amide bonds. The van der Waals surface area contributed by atoms with Crippen molar-refractivity contribution in [2.45, 2.75) is 63.5 Å². The van der Waals surface area contributed by atoms with Gasteiger partial charge in [-0.05, 0) is 12.8 Å². The van der Waals surface area contributed by atoms with Crippen LogP contribution in [0.25, 0.3) is 0 Å². The normalized spacial score (nSPS) is 34.5. The highest BCUT2D eigenvalue weighted by molar-refractivity contribution is 5.72. The van der Waals surface area contributed by atoms with Crippen molar-refractivity contribution in [2.75, 3.05) is 13.2 Å². The zero-order valence-corrected chi connectivity index (χ0v) is 12.3. The lowest BCUT2D eigenvalue weighted by Crippen LogP contribution is -2.60. The van der Waals surface area contributed by atoms with Gasteiger partial charge in [0, 0.05) is 13.5 Å². The highest BCUT2D eigenvalue weighted by Crippen LogP contribution is 2.22. The summed E-state index contributed by atoms with van der Waals surface area (Å²) in [6.45, 7) is 3.30. The van der Waals surface area contributed by atoms with E-state index in [1.165, 1.54) is 6.92 Å². The number of aliphatic hydroxyl groups is 4. The van der Waals surface area contributed by atoms with Crippen molar-refractivity contribution < 1.29 is 34.7 Å². The molecule has 1 heterocycles. The second-order valence-electron chi connectivity index (χ2n) is 5.17. The second kappa shape index (κ2) is 8.62. The van der Waals surface area contributed by atoms with Gasteiger partial charge in [0.15, 0.2) is 6.29 Å². The maximum Gasteiger partial charge on any atom is 0.216 e. The van der Waals surface area contributed by atoms with Crippen molar-refractivity contribution in [1.82, 2.24) is 5.32 Å². The standard InChI is InChI=1S/C13H25NO7/c1-3-8(16)4-5-20-13-12(19)11(18)10(17)9(21-13)6-14-7(2)15/h8-13,16-19H,3-6H2,1-2H3,(H,14,15). The fourth-order valence-electron chi connectivity index (χ4n) is 1.99. The Morgan fingerprint density at radius 2 is 1.95 bits per heavy atom. The number of rotatable bonds is 7. The summed E-state index contributed by atoms with van der Waals surface area (Å²) in [7, 11) is 0. The average molecular weight is 307 g/mol. The Morgan fingerprint density at radius 1 is 1.29 bits per heavy atom. The largest absolute Gasteiger partial charge is 0.393 e. The SMILES string of the molecule is CCC(O)CCOC1OC(CNC(C)=O)C(O)C(O)C1O. The Hall–Kier alpha value is -0.770. The Balaban J connectivity index is 2.51. The minimum Gasteiger partial charge on any atom is -0.393 e. The van der Waals surface area contributed by atoms with Crippen molar-refractivity contribution in [3.05, 3.63) is 0 Å². The summed E-state index contributed by atoms with van der Waals surface area (Å²) in [5.74, 6) is -0.296. The first-order chi connectivity index (χ1) is 9.86. The minimum absolute atomic E-state index is 0.00226. The molecule has 8 heteroatoms. The van der Waals surface area contributed by atoms with Crippen LogP contribution in [0.15, 0.2) is 0 Å². The van der Waals surface area contributed by atoms with Crippen LogP contribution < -0.4 is 5.32 Å². The zero-order valence-electron chi connectivity index (χ0n) is 12.3. The first kappa shape index (κ1) is 18.3. The van der Waals surface area contributed by atoms with Gasteiger partial charge in [0.05, 0.1) is 12.7 Å². The van der Waals surface area contributed by atoms with Crippen LogP contribution >= 0.6 is 0 Å². The number of hydrogen-bond donors (Lipinski definition) is 5. The third-order valence-corrected chi connectivity index (χ3v) is 3.43. The van der Waals surface area contributed by atoms with E-state index in [1.807, 2.05) is 6.92 Å². The molecule has 0 aromatic heterocycles. The summed E-state index contributed by atoms with van der Waals surface area (Å²) in [5, 5.41) is 41.3. The van der Waals surface area contributed by atoms with Crippen LogP contribution in [0.1, 0.15) is 26.7 Å². The summed E-state index contributed by atoms with van der Waals surface area (Å²) in [4.78, 5) is 10.9. The van der Waals surface area contributed by atoms with E-state index >= 15 is 0 Å². The molecule has 1 fully saturated rings. The molecular formula is C13H25NO7. The first-order valence-electron chi connectivity index (χ1n) is 7.10. The molecule has 0 aromatic carbocycles. The number of nitrogens with one attached hydrogen (secondary N) is 1. The molecule has 1 rings (SSSR count). The maximum atomic E-state index is 10.9. The van der Waals surface area contributed by atoms with Gasteiger partial charge in [-0.25, -0.2) is 0 Å². The Bertz CT molecular complexity index is 328. The van der Waals surface area contributed by atoms with Gasteiger partial charge in [0.1, 0.15) is 24.4 Å². The van der Waals surface area contributed by atoms with Crippen molar-refractivity contribution in [3.8, 4) is 0 Å². The fourth-order valence-corrected chi connectivity index (χ4v) is 1.99. The van der Waals surface area contributed by atoms with Gasteiger partial charge in [-0.1, -0.05) is 6.92 Å². The lowest BCUT2D eigenvalue weighted by Gasteiger charge is -2.40. The molecule has 0 bridgehead atoms. The molecule has 0 saturated carbocycles. The third-order valence-electron chi connectivity index (χ3n) is 3.43. The quantitative estimate of drug-likeness (QED) is 0.372. The maximum absolute atomic E-state index is 10.9. The number of hydrogen-bond acceptors (Lipinski definition) is 7. The average Bonchev–Trinajstić information content (AvgIpc) is 2.45. The van der Waals surface area contributed by atoms with E-state index in [-0.39, 0.29) is 19.1 Å². The molecule has 0 spiro atoms. The minimum atomic E-state index is -1.43. The Kier molecular flexibility index (Phi) is 7.50. The number of ether oxygens (including phenoxy) is 2. The summed E-state index contributed by atoms with van der Waals surface area (Å²) in [5.41, 5.74) is 0. The Labute approximate surface area is 123 Å². The van der Waals surface area contributed by atoms with Gasteiger partial charge in [0.25, 0.3) is 0 Å². The van der Waals surface area contributed by atoms with Crippen molar-refractivity contribution in [3.63, 3.8) is 0 Å². The monoisotopic (exact) mass is 307 g/mol. The lowest BCUT2D eigenvalue weighted by atomic mass is 9.99. The highest BCUT2D eigenvalue weighted by atomic mass is 16.7. The molecule has 6 unspecified atom stereocenters. The molecular weight excluding hydrogens is 282 g/mol. The molecule has 6 atom stereocenters. The van der Waals surface area contributed by atoms with Gasteiger partial charge in [-0.15, -0.1) is 0 Å². The lowest BCUT2D eigenvalue weighted by molar-refractivity contribution is -0.296. The number of carbonyl (C=O) groups is 1. The molecule has 124 valence electrons. The van der Waals surface area contributed by atoms with Gasteiger partial charge in [-0.3, -0.25) is 4.79 Å². The van der Waals surface area contributed by atoms with E-state index in [4.69, 9.17) is 9.47 Å². The molecule has 0 radical (unpaired) electrons. The van der Waals surface area contributed by atoms with Gasteiger partial charge >= 0.3 is 0 Å². The van der Waals surface area contributed by atoms with Crippen LogP contribution in [0.3, 0.4) is 0 Å². The van der Waals surface area contributed by atoms with Crippen LogP contribution in [-0.2, 0) is 14.3 Å². The fraction of sp³-hybridized carbons (Fsp3) is 0.923. The number of carbonyl (C=O) groups excluding carboxylic acids is 1. The van der Waals surface area contributed by atoms with Crippen molar-refractivity contribution in [2.24, 2.45) is 0 Å². The third kappa shape index (κ3) is 5.50. The van der Waals surface area contributed by atoms with Crippen LogP contribution in [0, 0.1) is 0 Å². The number of amides is 1. The van der Waals surface area contributed by atoms with Crippen LogP contribution in [0.2, 0.25) is 0 Å². The molecule has 0 aromatic rings. The van der Waals surface area contributed by atoms with Crippen molar-refractivity contribution in [1.29, 1.82) is 0 Å². The Morgan fingerprint density at radius 3 is 2.52 bits per heavy atom. The van der Waals surface area contributed by atoms with Gasteiger partial charge in [0.2, 0.25) is 5.91 Å². The predicted molar refractivity (Wildman–Crippen MR) is 72.2 cm³/mol. The summed E-state index contributed by atoms with van der Waals surface area (Å²) < 4.78 is 10.7. The topological polar surface area (TPSA) is 128 Å². The molecule has 1 saturated heterocycles. The highest BCUT2D eigenvalue weighted by Gasteiger charge is 2.44. The second-order valence-corrected chi connectivity index (χ2v) is 5.17. The van der Waals surface area contributed by atoms with E-state index in [2.05, 4.69) is 5.32 Å². The van der Waals surface area contributed by atoms with E-state index in [1.54, 1.807) is 0 Å². The van der Waals surface area contributed by atoms with E-state index < -0.39 is 36.8 Å². The van der Waals surface area contributed by atoms with Gasteiger partial charge < -0.3 is 35.2 Å². The molecule has 8 nitrogen and oxygen atoms in total. The van der Waals surface area contributed by atoms with Gasteiger partial charge in [-0.2, -0.15) is 0 Å². The molecule has 1 aliphatic rings. The van der Waals surface area contributed by atoms with E-state index in [0.29, 0.717) is 12.8 Å². The molecule has 0 aliphatic carbocycles. The van der Waals surface area contributed by atoms with Crippen LogP contribution in [0.5, 0.6) is 0 Å². The summed E-state index contributed by atoms with van der Waals surface area (Å²) in [6.07, 6.45) is -5.70. The van der Waals surface area contributed by atoms with Crippen LogP contribution in [0.4, 0.5) is 0 Å². The summed E-state index contributed by atoms with van der Waals surface area (Å²) in [6, 6.07) is 0. The first-order valence-corrected chi connectivity index (χ1v) is 7.10. The van der Waals surface area contributed by atoms with E-state index in [9.17, 15) is 25.2 Å². The number of aliphatic hydroxyl groups excluding tert-OH is 4. The van der Waals surface area contributed by atoms with E-state index in [0.717, 1.165) is 0 Å². The molecule has 1 aliphatic heterocycles. The summed E-state index contributed by atoms with van der Waals surface area (Å²) >= 11 is 0. The zero-order chi connectivity index (χ0) is 16.0. The van der Waals surface area contributed by atoms with Crippen molar-refractivity contribution >= 4 is 5.91 Å². The predicted octanol–water partition coefficient (Wildman–Crippen LogP) is -1.89. The smallest absolute Gasteiger partial charge is 0.216 e. The molecule has 21 heavy (non-hydrogen) atoms. The van der Waals surface area contributed by atoms with Crippen LogP contribution in [-0.4, -0.2) is 76.3 Å².